The van der Waals surface area contributed by atoms with Gasteiger partial charge >= 0.3 is 6.18 Å². The van der Waals surface area contributed by atoms with Crippen LogP contribution >= 0.6 is 0 Å². The van der Waals surface area contributed by atoms with Crippen LogP contribution in [0.1, 0.15) is 28.5 Å². The Bertz CT molecular complexity index is 1050. The van der Waals surface area contributed by atoms with Crippen molar-refractivity contribution in [3.8, 4) is 0 Å². The Morgan fingerprint density at radius 1 is 1.15 bits per heavy atom. The van der Waals surface area contributed by atoms with Crippen LogP contribution in [-0.2, 0) is 26.3 Å². The molecule has 2 heterocycles. The van der Waals surface area contributed by atoms with E-state index in [2.05, 4.69) is 5.32 Å². The highest BCUT2D eigenvalue weighted by Crippen LogP contribution is 2.29. The third kappa shape index (κ3) is 3.60. The van der Waals surface area contributed by atoms with E-state index in [-0.39, 0.29) is 12.1 Å². The lowest BCUT2D eigenvalue weighted by molar-refractivity contribution is -0.137. The number of carbonyl (C=O) groups excluding carboxylic acids is 1. The summed E-state index contributed by atoms with van der Waals surface area (Å²) in [6.45, 7) is 2.46. The van der Waals surface area contributed by atoms with Crippen LogP contribution in [0.3, 0.4) is 0 Å². The second kappa shape index (κ2) is 6.94. The quantitative estimate of drug-likeness (QED) is 0.759. The van der Waals surface area contributed by atoms with Gasteiger partial charge in [-0.25, -0.2) is 0 Å². The lowest BCUT2D eigenvalue weighted by atomic mass is 10.1. The molecule has 0 aliphatic rings. The van der Waals surface area contributed by atoms with Crippen LogP contribution < -0.4 is 10.9 Å². The molecular formula is C19H18F3N3O2. The van der Waals surface area contributed by atoms with Gasteiger partial charge < -0.3 is 14.5 Å². The molecule has 0 fully saturated rings. The number of fused-ring (bicyclic) bond motifs is 1. The average molecular weight is 377 g/mol. The maximum atomic E-state index is 12.6. The normalized spacial score (nSPS) is 11.7. The molecule has 142 valence electrons. The van der Waals surface area contributed by atoms with Gasteiger partial charge in [0.1, 0.15) is 5.69 Å². The summed E-state index contributed by atoms with van der Waals surface area (Å²) in [6.07, 6.45) is -2.72. The zero-order valence-electron chi connectivity index (χ0n) is 14.8. The number of hydrogen-bond donors (Lipinski definition) is 1. The molecule has 3 aromatic rings. The van der Waals surface area contributed by atoms with Crippen LogP contribution in [0.15, 0.2) is 47.4 Å². The highest BCUT2D eigenvalue weighted by atomic mass is 19.4. The van der Waals surface area contributed by atoms with Crippen molar-refractivity contribution in [1.29, 1.82) is 0 Å². The van der Waals surface area contributed by atoms with E-state index in [1.807, 2.05) is 6.92 Å². The molecule has 2 aromatic heterocycles. The summed E-state index contributed by atoms with van der Waals surface area (Å²) < 4.78 is 40.9. The summed E-state index contributed by atoms with van der Waals surface area (Å²) in [5.74, 6) is -0.406. The SMILES string of the molecule is CCn1ccc2c(cc(C(=O)NCc3ccc(C(F)(F)F)cc3)n2C)c1=O. The lowest BCUT2D eigenvalue weighted by Crippen LogP contribution is -2.24. The Morgan fingerprint density at radius 3 is 2.41 bits per heavy atom. The van der Waals surface area contributed by atoms with Crippen molar-refractivity contribution in [3.63, 3.8) is 0 Å². The number of aryl methyl sites for hydroxylation is 2. The molecule has 0 unspecified atom stereocenters. The van der Waals surface area contributed by atoms with E-state index in [0.717, 1.165) is 12.1 Å². The molecule has 0 aliphatic heterocycles. The van der Waals surface area contributed by atoms with Gasteiger partial charge in [-0.3, -0.25) is 9.59 Å². The summed E-state index contributed by atoms with van der Waals surface area (Å²) in [6, 6.07) is 7.91. The van der Waals surface area contributed by atoms with E-state index in [9.17, 15) is 22.8 Å². The van der Waals surface area contributed by atoms with Crippen LogP contribution in [0.4, 0.5) is 13.2 Å². The van der Waals surface area contributed by atoms with E-state index in [0.29, 0.717) is 28.7 Å². The second-order valence-electron chi connectivity index (χ2n) is 6.17. The number of halogens is 3. The largest absolute Gasteiger partial charge is 0.416 e. The minimum Gasteiger partial charge on any atom is -0.347 e. The third-order valence-corrected chi connectivity index (χ3v) is 4.49. The highest BCUT2D eigenvalue weighted by molar-refractivity contribution is 5.98. The van der Waals surface area contributed by atoms with Crippen molar-refractivity contribution in [2.24, 2.45) is 7.05 Å². The Morgan fingerprint density at radius 2 is 1.81 bits per heavy atom. The van der Waals surface area contributed by atoms with E-state index >= 15 is 0 Å². The molecule has 1 amide bonds. The number of aromatic nitrogens is 2. The third-order valence-electron chi connectivity index (χ3n) is 4.49. The molecule has 0 bridgehead atoms. The van der Waals surface area contributed by atoms with Crippen LogP contribution in [0.2, 0.25) is 0 Å². The molecule has 1 aromatic carbocycles. The summed E-state index contributed by atoms with van der Waals surface area (Å²) in [4.78, 5) is 24.8. The first-order valence-electron chi connectivity index (χ1n) is 8.35. The fraction of sp³-hybridized carbons (Fsp3) is 0.263. The summed E-state index contributed by atoms with van der Waals surface area (Å²) in [5, 5.41) is 3.12. The average Bonchev–Trinajstić information content (AvgIpc) is 2.97. The zero-order valence-corrected chi connectivity index (χ0v) is 14.8. The van der Waals surface area contributed by atoms with Gasteiger partial charge in [0, 0.05) is 26.3 Å². The van der Waals surface area contributed by atoms with Crippen molar-refractivity contribution in [1.82, 2.24) is 14.5 Å². The molecule has 1 N–H and O–H groups in total. The molecule has 0 saturated carbocycles. The predicted octanol–water partition coefficient (Wildman–Crippen LogP) is 3.31. The summed E-state index contributed by atoms with van der Waals surface area (Å²) in [5.41, 5.74) is 0.585. The van der Waals surface area contributed by atoms with E-state index < -0.39 is 17.6 Å². The Balaban J connectivity index is 1.79. The topological polar surface area (TPSA) is 56.0 Å². The smallest absolute Gasteiger partial charge is 0.347 e. The van der Waals surface area contributed by atoms with Crippen LogP contribution in [0, 0.1) is 0 Å². The van der Waals surface area contributed by atoms with Gasteiger partial charge in [0.2, 0.25) is 0 Å². The Kier molecular flexibility index (Phi) is 4.82. The summed E-state index contributed by atoms with van der Waals surface area (Å²) >= 11 is 0. The standard InChI is InChI=1S/C19H18F3N3O2/c1-3-25-9-8-15-14(18(25)27)10-16(24(15)2)17(26)23-11-12-4-6-13(7-5-12)19(20,21)22/h4-10H,3,11H2,1-2H3,(H,23,26). The molecule has 8 heteroatoms. The molecule has 0 saturated heterocycles. The zero-order chi connectivity index (χ0) is 19.8. The molecule has 5 nitrogen and oxygen atoms in total. The van der Waals surface area contributed by atoms with Gasteiger partial charge in [-0.2, -0.15) is 13.2 Å². The van der Waals surface area contributed by atoms with Gasteiger partial charge in [-0.1, -0.05) is 12.1 Å². The number of rotatable bonds is 4. The molecule has 0 radical (unpaired) electrons. The fourth-order valence-electron chi connectivity index (χ4n) is 2.93. The van der Waals surface area contributed by atoms with Crippen molar-refractivity contribution in [2.45, 2.75) is 26.2 Å². The van der Waals surface area contributed by atoms with E-state index in [1.165, 1.54) is 18.2 Å². The monoisotopic (exact) mass is 377 g/mol. The second-order valence-corrected chi connectivity index (χ2v) is 6.17. The molecule has 3 rings (SSSR count). The Labute approximate surface area is 153 Å². The first-order valence-corrected chi connectivity index (χ1v) is 8.35. The van der Waals surface area contributed by atoms with Gasteiger partial charge in [0.15, 0.2) is 0 Å². The first-order chi connectivity index (χ1) is 12.7. The van der Waals surface area contributed by atoms with Crippen LogP contribution in [0.25, 0.3) is 10.9 Å². The van der Waals surface area contributed by atoms with Crippen molar-refractivity contribution < 1.29 is 18.0 Å². The summed E-state index contributed by atoms with van der Waals surface area (Å²) in [7, 11) is 1.69. The number of pyridine rings is 1. The van der Waals surface area contributed by atoms with Crippen molar-refractivity contribution in [2.75, 3.05) is 0 Å². The van der Waals surface area contributed by atoms with Gasteiger partial charge in [-0.05, 0) is 36.8 Å². The van der Waals surface area contributed by atoms with Crippen molar-refractivity contribution in [3.05, 3.63) is 69.8 Å². The number of alkyl halides is 3. The molecule has 0 spiro atoms. The molecular weight excluding hydrogens is 359 g/mol. The van der Waals surface area contributed by atoms with Crippen LogP contribution in [0.5, 0.6) is 0 Å². The van der Waals surface area contributed by atoms with E-state index in [4.69, 9.17) is 0 Å². The molecule has 0 aliphatic carbocycles. The maximum absolute atomic E-state index is 12.6. The van der Waals surface area contributed by atoms with Gasteiger partial charge in [0.25, 0.3) is 11.5 Å². The maximum Gasteiger partial charge on any atom is 0.416 e. The number of nitrogens with zero attached hydrogens (tertiary/aromatic N) is 2. The fourth-order valence-corrected chi connectivity index (χ4v) is 2.93. The van der Waals surface area contributed by atoms with Gasteiger partial charge in [0.05, 0.1) is 16.5 Å². The molecule has 27 heavy (non-hydrogen) atoms. The highest BCUT2D eigenvalue weighted by Gasteiger charge is 2.29. The minimum atomic E-state index is -4.39. The number of carbonyl (C=O) groups is 1. The van der Waals surface area contributed by atoms with Gasteiger partial charge in [-0.15, -0.1) is 0 Å². The minimum absolute atomic E-state index is 0.0810. The van der Waals surface area contributed by atoms with Crippen molar-refractivity contribution >= 4 is 16.8 Å². The van der Waals surface area contributed by atoms with E-state index in [1.54, 1.807) is 28.4 Å². The first kappa shape index (κ1) is 18.8. The predicted molar refractivity (Wildman–Crippen MR) is 95.5 cm³/mol. The lowest BCUT2D eigenvalue weighted by Gasteiger charge is -2.09. The number of nitrogens with one attached hydrogen (secondary N) is 1. The van der Waals surface area contributed by atoms with Crippen LogP contribution in [-0.4, -0.2) is 15.0 Å². The number of benzene rings is 1. The Hall–Kier alpha value is -3.03. The number of amides is 1. The molecule has 0 atom stereocenters. The number of hydrogen-bond acceptors (Lipinski definition) is 2.